The van der Waals surface area contributed by atoms with Crippen molar-refractivity contribution in [1.82, 2.24) is 0 Å². The highest BCUT2D eigenvalue weighted by Crippen LogP contribution is 1.93. The summed E-state index contributed by atoms with van der Waals surface area (Å²) in [6.07, 6.45) is 0. The number of hydrogen-bond acceptors (Lipinski definition) is 1. The molecule has 0 unspecified atom stereocenters. The van der Waals surface area contributed by atoms with Crippen LogP contribution in [0.2, 0.25) is 5.54 Å². The van der Waals surface area contributed by atoms with Crippen molar-refractivity contribution in [3.63, 3.8) is 0 Å². The van der Waals surface area contributed by atoms with Crippen LogP contribution in [0.5, 0.6) is 0 Å². The summed E-state index contributed by atoms with van der Waals surface area (Å²) in [4.78, 5) is 0. The van der Waals surface area contributed by atoms with Gasteiger partial charge in [0.1, 0.15) is 20.2 Å². The molecule has 38 valence electrons. The van der Waals surface area contributed by atoms with Crippen LogP contribution in [-0.4, -0.2) is 20.2 Å². The first-order valence-electron chi connectivity index (χ1n) is 2.26. The van der Waals surface area contributed by atoms with Gasteiger partial charge in [-0.3, -0.25) is 0 Å². The SMILES string of the molecule is CC(C)[SiH2]O[SiH3]. The van der Waals surface area contributed by atoms with Crippen molar-refractivity contribution in [2.45, 2.75) is 19.4 Å². The van der Waals surface area contributed by atoms with E-state index in [9.17, 15) is 0 Å². The molecule has 0 saturated carbocycles. The molecule has 1 nitrogen and oxygen atoms in total. The first kappa shape index (κ1) is 6.39. The second-order valence-corrected chi connectivity index (χ2v) is 6.12. The van der Waals surface area contributed by atoms with Gasteiger partial charge in [0, 0.05) is 0 Å². The lowest BCUT2D eigenvalue weighted by molar-refractivity contribution is 0.644. The second-order valence-electron chi connectivity index (χ2n) is 1.85. The highest BCUT2D eigenvalue weighted by atomic mass is 28.3. The van der Waals surface area contributed by atoms with Gasteiger partial charge in [-0.15, -0.1) is 0 Å². The van der Waals surface area contributed by atoms with E-state index in [2.05, 4.69) is 13.8 Å². The van der Waals surface area contributed by atoms with Gasteiger partial charge in [-0.2, -0.15) is 0 Å². The third-order valence-electron chi connectivity index (χ3n) is 0.500. The van der Waals surface area contributed by atoms with Crippen molar-refractivity contribution >= 4 is 20.2 Å². The summed E-state index contributed by atoms with van der Waals surface area (Å²) < 4.78 is 5.08. The van der Waals surface area contributed by atoms with Crippen LogP contribution in [-0.2, 0) is 4.12 Å². The number of rotatable bonds is 2. The molecule has 3 heteroatoms. The molecule has 6 heavy (non-hydrogen) atoms. The van der Waals surface area contributed by atoms with Gasteiger partial charge in [0.05, 0.1) is 0 Å². The average molecular weight is 120 g/mol. The fourth-order valence-corrected chi connectivity index (χ4v) is 3.00. The van der Waals surface area contributed by atoms with Gasteiger partial charge in [-0.1, -0.05) is 13.8 Å². The van der Waals surface area contributed by atoms with Crippen molar-refractivity contribution in [2.24, 2.45) is 0 Å². The van der Waals surface area contributed by atoms with Crippen molar-refractivity contribution in [1.29, 1.82) is 0 Å². The topological polar surface area (TPSA) is 9.23 Å². The van der Waals surface area contributed by atoms with E-state index in [-0.39, 0.29) is 9.76 Å². The summed E-state index contributed by atoms with van der Waals surface area (Å²) in [6.45, 7) is 4.42. The zero-order valence-corrected chi connectivity index (χ0v) is 8.11. The van der Waals surface area contributed by atoms with Crippen molar-refractivity contribution in [3.05, 3.63) is 0 Å². The van der Waals surface area contributed by atoms with Gasteiger partial charge in [0.15, 0.2) is 0 Å². The summed E-state index contributed by atoms with van der Waals surface area (Å²) in [5.74, 6) is 0. The molecule has 0 N–H and O–H groups in total. The van der Waals surface area contributed by atoms with Gasteiger partial charge < -0.3 is 4.12 Å². The standard InChI is InChI=1S/C3H12OSi2/c1-3(2)6-4-5/h3H,6H2,1-2,5H3. The van der Waals surface area contributed by atoms with Gasteiger partial charge in [-0.25, -0.2) is 0 Å². The predicted molar refractivity (Wildman–Crippen MR) is 34.7 cm³/mol. The second kappa shape index (κ2) is 3.58. The Morgan fingerprint density at radius 1 is 1.67 bits per heavy atom. The predicted octanol–water partition coefficient (Wildman–Crippen LogP) is -0.804. The lowest BCUT2D eigenvalue weighted by atomic mass is 10.6. The lowest BCUT2D eigenvalue weighted by Crippen LogP contribution is -1.97. The Bertz CT molecular complexity index is 30.0. The minimum Gasteiger partial charge on any atom is -0.468 e. The smallest absolute Gasteiger partial charge is 0.148 e. The molecule has 0 radical (unpaired) electrons. The third kappa shape index (κ3) is 4.39. The Balaban J connectivity index is 2.63. The fraction of sp³-hybridized carbons (Fsp3) is 1.00. The number of hydrogen-bond donors (Lipinski definition) is 0. The van der Waals surface area contributed by atoms with Crippen LogP contribution < -0.4 is 0 Å². The molecule has 0 aromatic carbocycles. The molecular weight excluding hydrogens is 108 g/mol. The van der Waals surface area contributed by atoms with E-state index in [0.717, 1.165) is 16.0 Å². The van der Waals surface area contributed by atoms with Crippen molar-refractivity contribution < 1.29 is 4.12 Å². The van der Waals surface area contributed by atoms with Crippen LogP contribution in [0.3, 0.4) is 0 Å². The Morgan fingerprint density at radius 2 is 2.17 bits per heavy atom. The maximum atomic E-state index is 5.08. The molecule has 0 spiro atoms. The van der Waals surface area contributed by atoms with Crippen molar-refractivity contribution in [2.75, 3.05) is 0 Å². The van der Waals surface area contributed by atoms with E-state index in [0.29, 0.717) is 0 Å². The van der Waals surface area contributed by atoms with Crippen LogP contribution in [0.15, 0.2) is 0 Å². The molecule has 0 heterocycles. The molecule has 0 aromatic rings. The molecule has 0 bridgehead atoms. The average Bonchev–Trinajstić information content (AvgIpc) is 1.35. The first-order chi connectivity index (χ1) is 2.77. The van der Waals surface area contributed by atoms with E-state index in [4.69, 9.17) is 4.12 Å². The van der Waals surface area contributed by atoms with Gasteiger partial charge >= 0.3 is 0 Å². The van der Waals surface area contributed by atoms with Crippen molar-refractivity contribution in [3.8, 4) is 0 Å². The summed E-state index contributed by atoms with van der Waals surface area (Å²) in [5, 5.41) is 0. The molecule has 0 aromatic heterocycles. The maximum Gasteiger partial charge on any atom is 0.148 e. The maximum absolute atomic E-state index is 5.08. The fourth-order valence-electron chi connectivity index (χ4n) is 0.333. The summed E-state index contributed by atoms with van der Waals surface area (Å²) in [5.41, 5.74) is 0.850. The van der Waals surface area contributed by atoms with Crippen LogP contribution in [0.1, 0.15) is 13.8 Å². The van der Waals surface area contributed by atoms with E-state index in [1.54, 1.807) is 0 Å². The quantitative estimate of drug-likeness (QED) is 0.433. The highest BCUT2D eigenvalue weighted by molar-refractivity contribution is 6.35. The molecule has 0 atom stereocenters. The van der Waals surface area contributed by atoms with Crippen LogP contribution in [0, 0.1) is 0 Å². The van der Waals surface area contributed by atoms with E-state index < -0.39 is 0 Å². The van der Waals surface area contributed by atoms with E-state index in [1.807, 2.05) is 0 Å². The minimum atomic E-state index is -0.0818. The normalized spacial score (nSPS) is 12.5. The molecule has 0 aliphatic carbocycles. The summed E-state index contributed by atoms with van der Waals surface area (Å²) in [6, 6.07) is 0. The molecule has 0 aliphatic heterocycles. The summed E-state index contributed by atoms with van der Waals surface area (Å²) >= 11 is 0. The molecule has 0 saturated heterocycles. The van der Waals surface area contributed by atoms with Crippen LogP contribution >= 0.6 is 0 Å². The minimum absolute atomic E-state index is 0.0818. The summed E-state index contributed by atoms with van der Waals surface area (Å²) in [7, 11) is 0.867. The molecule has 0 aliphatic rings. The van der Waals surface area contributed by atoms with E-state index >= 15 is 0 Å². The van der Waals surface area contributed by atoms with Gasteiger partial charge in [-0.05, 0) is 5.54 Å². The first-order valence-corrected chi connectivity index (χ1v) is 4.47. The Labute approximate surface area is 44.6 Å². The van der Waals surface area contributed by atoms with Gasteiger partial charge in [0.2, 0.25) is 0 Å². The van der Waals surface area contributed by atoms with Gasteiger partial charge in [0.25, 0.3) is 0 Å². The Morgan fingerprint density at radius 3 is 2.17 bits per heavy atom. The molecule has 0 fully saturated rings. The molecular formula is C3H12OSi2. The van der Waals surface area contributed by atoms with Crippen LogP contribution in [0.4, 0.5) is 0 Å². The highest BCUT2D eigenvalue weighted by Gasteiger charge is 1.87. The van der Waals surface area contributed by atoms with Crippen LogP contribution in [0.25, 0.3) is 0 Å². The Hall–Kier alpha value is 0.394. The van der Waals surface area contributed by atoms with E-state index in [1.165, 1.54) is 0 Å². The Kier molecular flexibility index (Phi) is 3.81. The molecule has 0 amide bonds. The monoisotopic (exact) mass is 120 g/mol. The zero-order valence-electron chi connectivity index (χ0n) is 4.69. The molecule has 0 rings (SSSR count). The third-order valence-corrected chi connectivity index (χ3v) is 2.50. The largest absolute Gasteiger partial charge is 0.468 e. The lowest BCUT2D eigenvalue weighted by Gasteiger charge is -1.97. The zero-order chi connectivity index (χ0) is 4.99.